The van der Waals surface area contributed by atoms with Crippen molar-refractivity contribution in [2.24, 2.45) is 0 Å². The van der Waals surface area contributed by atoms with Crippen molar-refractivity contribution < 1.29 is 33.0 Å². The first kappa shape index (κ1) is 26.6. The molecule has 35 heavy (non-hydrogen) atoms. The highest BCUT2D eigenvalue weighted by molar-refractivity contribution is 6.31. The number of hydrogen-bond acceptors (Lipinski definition) is 7. The van der Waals surface area contributed by atoms with Crippen LogP contribution in [0.15, 0.2) is 36.4 Å². The first-order valence-corrected chi connectivity index (χ1v) is 11.3. The van der Waals surface area contributed by atoms with Crippen LogP contribution in [0.2, 0.25) is 5.02 Å². The predicted molar refractivity (Wildman–Crippen MR) is 127 cm³/mol. The SMILES string of the molecule is CC(=O)c1ccc2c(c1)[C@H](NC(=O)c1ccc(F)c(Cl)c1)[C@H](OCOC(=O)CN(C)C)C(C)(C)O2. The number of Topliss-reactive ketones (excluding diaryl/α,β-unsaturated/α-hetero) is 1. The van der Waals surface area contributed by atoms with Crippen molar-refractivity contribution in [3.05, 3.63) is 63.9 Å². The standard InChI is InChI=1S/C25H28ClFN2O6/c1-14(30)15-7-9-20-17(10-15)22(28-24(32)16-6-8-19(27)18(26)11-16)23(25(2,3)35-20)34-13-33-21(31)12-29(4)5/h6-11,22-23H,12-13H2,1-5H3,(H,28,32)/t22-,23-/m0/s1. The van der Waals surface area contributed by atoms with E-state index in [1.54, 1.807) is 51.0 Å². The summed E-state index contributed by atoms with van der Waals surface area (Å²) < 4.78 is 30.9. The van der Waals surface area contributed by atoms with Gasteiger partial charge in [0.15, 0.2) is 12.6 Å². The summed E-state index contributed by atoms with van der Waals surface area (Å²) in [5.41, 5.74) is 0.119. The molecule has 3 rings (SSSR count). The maximum Gasteiger partial charge on any atom is 0.322 e. The third kappa shape index (κ3) is 6.36. The van der Waals surface area contributed by atoms with E-state index < -0.39 is 35.4 Å². The highest BCUT2D eigenvalue weighted by Crippen LogP contribution is 2.42. The molecular weight excluding hydrogens is 479 g/mol. The fraction of sp³-hybridized carbons (Fsp3) is 0.400. The largest absolute Gasteiger partial charge is 0.485 e. The van der Waals surface area contributed by atoms with Gasteiger partial charge in [0, 0.05) is 16.7 Å². The number of esters is 1. The fourth-order valence-corrected chi connectivity index (χ4v) is 3.98. The summed E-state index contributed by atoms with van der Waals surface area (Å²) >= 11 is 5.86. The lowest BCUT2D eigenvalue weighted by Crippen LogP contribution is -2.55. The second kappa shape index (κ2) is 10.7. The molecule has 0 unspecified atom stereocenters. The number of amides is 1. The van der Waals surface area contributed by atoms with Gasteiger partial charge in [0.25, 0.3) is 5.91 Å². The van der Waals surface area contributed by atoms with E-state index in [2.05, 4.69) is 5.32 Å². The Morgan fingerprint density at radius 3 is 2.46 bits per heavy atom. The second-order valence-electron chi connectivity index (χ2n) is 9.05. The van der Waals surface area contributed by atoms with Crippen LogP contribution < -0.4 is 10.1 Å². The Labute approximate surface area is 208 Å². The van der Waals surface area contributed by atoms with E-state index in [1.807, 2.05) is 0 Å². The molecular formula is C25H28ClFN2O6. The summed E-state index contributed by atoms with van der Waals surface area (Å²) in [7, 11) is 3.47. The van der Waals surface area contributed by atoms with Crippen LogP contribution in [0.4, 0.5) is 4.39 Å². The topological polar surface area (TPSA) is 94.2 Å². The Balaban J connectivity index is 1.94. The molecule has 2 aromatic carbocycles. The number of carbonyl (C=O) groups excluding carboxylic acids is 3. The van der Waals surface area contributed by atoms with E-state index in [0.29, 0.717) is 16.9 Å². The van der Waals surface area contributed by atoms with Crippen molar-refractivity contribution in [3.63, 3.8) is 0 Å². The number of hydrogen-bond donors (Lipinski definition) is 1. The average molecular weight is 507 g/mol. The quantitative estimate of drug-likeness (QED) is 0.331. The lowest BCUT2D eigenvalue weighted by Gasteiger charge is -2.44. The van der Waals surface area contributed by atoms with Crippen LogP contribution in [0.1, 0.15) is 53.1 Å². The zero-order valence-corrected chi connectivity index (χ0v) is 20.9. The molecule has 0 saturated carbocycles. The molecule has 0 spiro atoms. The van der Waals surface area contributed by atoms with Crippen LogP contribution in [-0.2, 0) is 14.3 Å². The summed E-state index contributed by atoms with van der Waals surface area (Å²) in [5.74, 6) is -1.36. The normalized spacial score (nSPS) is 18.4. The number of halogens is 2. The molecule has 1 aliphatic rings. The van der Waals surface area contributed by atoms with E-state index >= 15 is 0 Å². The summed E-state index contributed by atoms with van der Waals surface area (Å²) in [4.78, 5) is 38.8. The zero-order valence-electron chi connectivity index (χ0n) is 20.2. The Hall–Kier alpha value is -3.01. The van der Waals surface area contributed by atoms with Gasteiger partial charge in [-0.3, -0.25) is 19.3 Å². The summed E-state index contributed by atoms with van der Waals surface area (Å²) in [6, 6.07) is 7.77. The van der Waals surface area contributed by atoms with Gasteiger partial charge < -0.3 is 19.5 Å². The fourth-order valence-electron chi connectivity index (χ4n) is 3.80. The number of carbonyl (C=O) groups is 3. The second-order valence-corrected chi connectivity index (χ2v) is 9.46. The van der Waals surface area contributed by atoms with Crippen molar-refractivity contribution in [1.29, 1.82) is 0 Å². The molecule has 0 bridgehead atoms. The van der Waals surface area contributed by atoms with Gasteiger partial charge in [0.1, 0.15) is 23.3 Å². The zero-order chi connectivity index (χ0) is 25.9. The van der Waals surface area contributed by atoms with Gasteiger partial charge in [-0.15, -0.1) is 0 Å². The van der Waals surface area contributed by atoms with Gasteiger partial charge in [-0.05, 0) is 71.3 Å². The third-order valence-corrected chi connectivity index (χ3v) is 5.78. The molecule has 8 nitrogen and oxygen atoms in total. The first-order chi connectivity index (χ1) is 16.4. The van der Waals surface area contributed by atoms with E-state index in [0.717, 1.165) is 6.07 Å². The molecule has 0 aliphatic carbocycles. The minimum absolute atomic E-state index is 0.0736. The molecule has 1 N–H and O–H groups in total. The molecule has 0 aromatic heterocycles. The Morgan fingerprint density at radius 2 is 1.83 bits per heavy atom. The molecule has 1 heterocycles. The first-order valence-electron chi connectivity index (χ1n) is 10.9. The highest BCUT2D eigenvalue weighted by atomic mass is 35.5. The van der Waals surface area contributed by atoms with Crippen molar-refractivity contribution in [3.8, 4) is 5.75 Å². The minimum Gasteiger partial charge on any atom is -0.485 e. The smallest absolute Gasteiger partial charge is 0.322 e. The van der Waals surface area contributed by atoms with Crippen molar-refractivity contribution in [2.45, 2.75) is 38.5 Å². The minimum atomic E-state index is -0.961. The summed E-state index contributed by atoms with van der Waals surface area (Å²) in [6.45, 7) is 4.68. The van der Waals surface area contributed by atoms with Crippen molar-refractivity contribution in [2.75, 3.05) is 27.4 Å². The van der Waals surface area contributed by atoms with Gasteiger partial charge >= 0.3 is 5.97 Å². The van der Waals surface area contributed by atoms with Crippen LogP contribution in [0.3, 0.4) is 0 Å². The van der Waals surface area contributed by atoms with Crippen LogP contribution in [-0.4, -0.2) is 61.7 Å². The van der Waals surface area contributed by atoms with Crippen LogP contribution in [0, 0.1) is 5.82 Å². The average Bonchev–Trinajstić information content (AvgIpc) is 2.76. The van der Waals surface area contributed by atoms with Gasteiger partial charge in [-0.2, -0.15) is 0 Å². The number of rotatable bonds is 8. The molecule has 2 aromatic rings. The number of likely N-dealkylation sites (N-methyl/N-ethyl adjacent to an activating group) is 1. The van der Waals surface area contributed by atoms with Gasteiger partial charge in [-0.1, -0.05) is 11.6 Å². The summed E-state index contributed by atoms with van der Waals surface area (Å²) in [5, 5.41) is 2.71. The lowest BCUT2D eigenvalue weighted by molar-refractivity contribution is -0.180. The molecule has 188 valence electrons. The van der Waals surface area contributed by atoms with Crippen LogP contribution in [0.5, 0.6) is 5.75 Å². The number of benzene rings is 2. The number of nitrogens with one attached hydrogen (secondary N) is 1. The Bertz CT molecular complexity index is 1140. The van der Waals surface area contributed by atoms with E-state index in [-0.39, 0.29) is 29.7 Å². The van der Waals surface area contributed by atoms with Gasteiger partial charge in [0.2, 0.25) is 0 Å². The third-order valence-electron chi connectivity index (χ3n) is 5.49. The van der Waals surface area contributed by atoms with E-state index in [9.17, 15) is 18.8 Å². The van der Waals surface area contributed by atoms with Crippen LogP contribution in [0.25, 0.3) is 0 Å². The monoisotopic (exact) mass is 506 g/mol. The Kier molecular flexibility index (Phi) is 8.15. The van der Waals surface area contributed by atoms with E-state index in [1.165, 1.54) is 19.1 Å². The van der Waals surface area contributed by atoms with Gasteiger partial charge in [-0.25, -0.2) is 4.39 Å². The predicted octanol–water partition coefficient (Wildman–Crippen LogP) is 3.77. The highest BCUT2D eigenvalue weighted by Gasteiger charge is 2.46. The Morgan fingerprint density at radius 1 is 1.14 bits per heavy atom. The summed E-state index contributed by atoms with van der Waals surface area (Å²) in [6.07, 6.45) is -0.816. The molecule has 0 radical (unpaired) electrons. The maximum atomic E-state index is 13.6. The maximum absolute atomic E-state index is 13.6. The molecule has 1 aliphatic heterocycles. The lowest BCUT2D eigenvalue weighted by atomic mass is 9.85. The van der Waals surface area contributed by atoms with Crippen LogP contribution >= 0.6 is 11.6 Å². The number of ether oxygens (including phenoxy) is 3. The number of fused-ring (bicyclic) bond motifs is 1. The van der Waals surface area contributed by atoms with Crippen molar-refractivity contribution >= 4 is 29.3 Å². The molecule has 10 heteroatoms. The molecule has 0 saturated heterocycles. The number of ketones is 1. The van der Waals surface area contributed by atoms with E-state index in [4.69, 9.17) is 25.8 Å². The van der Waals surface area contributed by atoms with Gasteiger partial charge in [0.05, 0.1) is 17.6 Å². The molecule has 2 atom stereocenters. The molecule has 0 fully saturated rings. The number of nitrogens with zero attached hydrogens (tertiary/aromatic N) is 1. The van der Waals surface area contributed by atoms with Crippen molar-refractivity contribution in [1.82, 2.24) is 10.2 Å². The molecule has 1 amide bonds.